The molecule has 1 unspecified atom stereocenters. The number of Topliss-reactive ketones (excluding diaryl/α,β-unsaturated/α-hetero) is 1. The lowest BCUT2D eigenvalue weighted by molar-refractivity contribution is -0.0791. The molecule has 2 heterocycles. The summed E-state index contributed by atoms with van der Waals surface area (Å²) >= 11 is 0. The molecule has 0 bridgehead atoms. The topological polar surface area (TPSA) is 80.4 Å². The number of alkyl halides is 2. The number of ketones is 1. The van der Waals surface area contributed by atoms with Crippen LogP contribution >= 0.6 is 0 Å². The second-order valence-corrected chi connectivity index (χ2v) is 7.91. The molecule has 8 heteroatoms. The Morgan fingerprint density at radius 3 is 2.29 bits per heavy atom. The van der Waals surface area contributed by atoms with Gasteiger partial charge >= 0.3 is 5.92 Å². The molecule has 1 atom stereocenters. The van der Waals surface area contributed by atoms with Crippen molar-refractivity contribution in [2.75, 3.05) is 0 Å². The van der Waals surface area contributed by atoms with Crippen LogP contribution < -0.4 is 5.43 Å². The van der Waals surface area contributed by atoms with Gasteiger partial charge in [0.1, 0.15) is 5.52 Å². The summed E-state index contributed by atoms with van der Waals surface area (Å²) in [7, 11) is 0. The minimum absolute atomic E-state index is 0.0290. The zero-order chi connectivity index (χ0) is 24.7. The summed E-state index contributed by atoms with van der Waals surface area (Å²) in [6, 6.07) is 18.8. The third-order valence-electron chi connectivity index (χ3n) is 5.74. The van der Waals surface area contributed by atoms with Crippen molar-refractivity contribution >= 4 is 27.7 Å². The Morgan fingerprint density at radius 1 is 0.943 bits per heavy atom. The van der Waals surface area contributed by atoms with E-state index in [2.05, 4.69) is 4.98 Å². The fourth-order valence-corrected chi connectivity index (χ4v) is 3.97. The standard InChI is InChI=1S/C27H16F3NO4/c28-20-22(32)19-14-18(26(34)27(29,30)25(33)16-10-5-2-6-11-16)17-12-7-13-31-21(17)24(19)35-23(20)15-8-3-1-4-9-15/h1-14,25,33H. The van der Waals surface area contributed by atoms with Crippen molar-refractivity contribution in [2.45, 2.75) is 12.0 Å². The average Bonchev–Trinajstić information content (AvgIpc) is 2.90. The number of aliphatic hydroxyl groups excluding tert-OH is 1. The highest BCUT2D eigenvalue weighted by molar-refractivity contribution is 6.17. The molecule has 174 valence electrons. The molecule has 0 saturated heterocycles. The monoisotopic (exact) mass is 475 g/mol. The smallest absolute Gasteiger partial charge is 0.339 e. The van der Waals surface area contributed by atoms with Gasteiger partial charge in [0.05, 0.1) is 5.39 Å². The van der Waals surface area contributed by atoms with Crippen molar-refractivity contribution in [3.05, 3.63) is 112 Å². The van der Waals surface area contributed by atoms with Gasteiger partial charge in [-0.3, -0.25) is 14.6 Å². The molecule has 0 aliphatic rings. The van der Waals surface area contributed by atoms with Crippen molar-refractivity contribution in [3.8, 4) is 11.3 Å². The Kier molecular flexibility index (Phi) is 5.45. The first-order valence-electron chi connectivity index (χ1n) is 10.6. The lowest BCUT2D eigenvalue weighted by Gasteiger charge is -2.22. The van der Waals surface area contributed by atoms with Crippen LogP contribution in [0.25, 0.3) is 33.2 Å². The number of benzene rings is 3. The van der Waals surface area contributed by atoms with E-state index in [0.717, 1.165) is 6.07 Å². The first-order chi connectivity index (χ1) is 16.8. The maximum absolute atomic E-state index is 15.2. The van der Waals surface area contributed by atoms with Crippen LogP contribution in [0.1, 0.15) is 22.0 Å². The first-order valence-corrected chi connectivity index (χ1v) is 10.6. The molecule has 5 rings (SSSR count). The number of carbonyl (C=O) groups is 1. The zero-order valence-electron chi connectivity index (χ0n) is 17.9. The summed E-state index contributed by atoms with van der Waals surface area (Å²) in [5, 5.41) is 9.86. The van der Waals surface area contributed by atoms with Gasteiger partial charge in [-0.15, -0.1) is 0 Å². The van der Waals surface area contributed by atoms with E-state index in [-0.39, 0.29) is 27.8 Å². The van der Waals surface area contributed by atoms with Crippen LogP contribution in [0.5, 0.6) is 0 Å². The van der Waals surface area contributed by atoms with Gasteiger partial charge in [0.15, 0.2) is 17.4 Å². The van der Waals surface area contributed by atoms with E-state index in [1.165, 1.54) is 42.6 Å². The number of pyridine rings is 1. The average molecular weight is 475 g/mol. The Bertz CT molecular complexity index is 1630. The minimum Gasteiger partial charge on any atom is -0.450 e. The normalized spacial score (nSPS) is 12.7. The third kappa shape index (κ3) is 3.68. The van der Waals surface area contributed by atoms with E-state index in [1.54, 1.807) is 36.4 Å². The van der Waals surface area contributed by atoms with E-state index < -0.39 is 40.0 Å². The fourth-order valence-electron chi connectivity index (χ4n) is 3.97. The predicted molar refractivity (Wildman–Crippen MR) is 124 cm³/mol. The summed E-state index contributed by atoms with van der Waals surface area (Å²) in [6.45, 7) is 0. The molecule has 0 amide bonds. The number of aliphatic hydroxyl groups is 1. The van der Waals surface area contributed by atoms with E-state index >= 15 is 13.2 Å². The molecule has 2 aromatic heterocycles. The molecule has 3 aromatic carbocycles. The van der Waals surface area contributed by atoms with Gasteiger partial charge in [-0.05, 0) is 17.7 Å². The zero-order valence-corrected chi connectivity index (χ0v) is 17.9. The number of nitrogens with zero attached hydrogens (tertiary/aromatic N) is 1. The number of carbonyl (C=O) groups excluding carboxylic acids is 1. The summed E-state index contributed by atoms with van der Waals surface area (Å²) in [5.41, 5.74) is -1.78. The van der Waals surface area contributed by atoms with Crippen molar-refractivity contribution in [1.29, 1.82) is 0 Å². The molecule has 0 saturated carbocycles. The fraction of sp³-hybridized carbons (Fsp3) is 0.0741. The lowest BCUT2D eigenvalue weighted by Crippen LogP contribution is -2.36. The molecule has 0 aliphatic heterocycles. The molecule has 0 fully saturated rings. The highest BCUT2D eigenvalue weighted by Gasteiger charge is 2.48. The number of aromatic nitrogens is 1. The maximum atomic E-state index is 15.2. The SMILES string of the molecule is O=C(c1cc2c(=O)c(F)c(-c3ccccc3)oc2c2ncccc12)C(F)(F)C(O)c1ccccc1. The van der Waals surface area contributed by atoms with Gasteiger partial charge in [-0.1, -0.05) is 66.7 Å². The molecular weight excluding hydrogens is 459 g/mol. The van der Waals surface area contributed by atoms with Crippen molar-refractivity contribution in [2.24, 2.45) is 0 Å². The van der Waals surface area contributed by atoms with E-state index in [1.807, 2.05) is 0 Å². The van der Waals surface area contributed by atoms with Crippen molar-refractivity contribution in [3.63, 3.8) is 0 Å². The molecule has 5 nitrogen and oxygen atoms in total. The van der Waals surface area contributed by atoms with Crippen molar-refractivity contribution < 1.29 is 27.5 Å². The van der Waals surface area contributed by atoms with Gasteiger partial charge in [0, 0.05) is 22.7 Å². The second-order valence-electron chi connectivity index (χ2n) is 7.91. The van der Waals surface area contributed by atoms with Gasteiger partial charge in [0.25, 0.3) is 0 Å². The molecule has 0 aliphatic carbocycles. The first kappa shape index (κ1) is 22.5. The highest BCUT2D eigenvalue weighted by atomic mass is 19.3. The molecule has 5 aromatic rings. The lowest BCUT2D eigenvalue weighted by atomic mass is 9.93. The molecule has 35 heavy (non-hydrogen) atoms. The van der Waals surface area contributed by atoms with Crippen LogP contribution in [0, 0.1) is 5.82 Å². The number of fused-ring (bicyclic) bond motifs is 3. The number of rotatable bonds is 5. The Labute approximate surface area is 196 Å². The predicted octanol–water partition coefficient (Wildman–Crippen LogP) is 5.70. The van der Waals surface area contributed by atoms with Gasteiger partial charge in [-0.25, -0.2) is 0 Å². The largest absolute Gasteiger partial charge is 0.450 e. The van der Waals surface area contributed by atoms with Crippen LogP contribution in [-0.4, -0.2) is 21.8 Å². The van der Waals surface area contributed by atoms with Crippen LogP contribution in [0.4, 0.5) is 13.2 Å². The van der Waals surface area contributed by atoms with Crippen LogP contribution in [0.2, 0.25) is 0 Å². The van der Waals surface area contributed by atoms with Crippen LogP contribution in [-0.2, 0) is 0 Å². The molecule has 1 N–H and O–H groups in total. The third-order valence-corrected chi connectivity index (χ3v) is 5.74. The van der Waals surface area contributed by atoms with Gasteiger partial charge in [0.2, 0.25) is 17.0 Å². The molecule has 0 radical (unpaired) electrons. The minimum atomic E-state index is -4.25. The van der Waals surface area contributed by atoms with E-state index in [4.69, 9.17) is 4.42 Å². The summed E-state index contributed by atoms with van der Waals surface area (Å²) in [4.78, 5) is 30.1. The molecule has 0 spiro atoms. The van der Waals surface area contributed by atoms with E-state index in [9.17, 15) is 14.7 Å². The van der Waals surface area contributed by atoms with Gasteiger partial charge in [-0.2, -0.15) is 13.2 Å². The maximum Gasteiger partial charge on any atom is 0.339 e. The molecular formula is C27H16F3NO4. The number of hydrogen-bond acceptors (Lipinski definition) is 5. The van der Waals surface area contributed by atoms with Crippen LogP contribution in [0.15, 0.2) is 94.3 Å². The summed E-state index contributed by atoms with van der Waals surface area (Å²) < 4.78 is 51.1. The second kappa shape index (κ2) is 8.48. The number of hydrogen-bond donors (Lipinski definition) is 1. The Hall–Kier alpha value is -4.30. The van der Waals surface area contributed by atoms with E-state index in [0.29, 0.717) is 5.56 Å². The van der Waals surface area contributed by atoms with Gasteiger partial charge < -0.3 is 9.52 Å². The Morgan fingerprint density at radius 2 is 1.60 bits per heavy atom. The van der Waals surface area contributed by atoms with Crippen LogP contribution in [0.3, 0.4) is 0 Å². The summed E-state index contributed by atoms with van der Waals surface area (Å²) in [5.74, 6) is -7.55. The highest BCUT2D eigenvalue weighted by Crippen LogP contribution is 2.38. The number of halogens is 3. The quantitative estimate of drug-likeness (QED) is 0.261. The Balaban J connectivity index is 1.75. The summed E-state index contributed by atoms with van der Waals surface area (Å²) in [6.07, 6.45) is -1.11. The van der Waals surface area contributed by atoms with Crippen molar-refractivity contribution in [1.82, 2.24) is 4.98 Å².